The third-order valence-electron chi connectivity index (χ3n) is 3.32. The predicted octanol–water partition coefficient (Wildman–Crippen LogP) is 3.03. The van der Waals surface area contributed by atoms with Crippen LogP contribution in [0.4, 0.5) is 5.82 Å². The fourth-order valence-electron chi connectivity index (χ4n) is 1.88. The maximum atomic E-state index is 12.2. The van der Waals surface area contributed by atoms with Crippen LogP contribution in [0, 0.1) is 6.92 Å². The molecule has 5 nitrogen and oxygen atoms in total. The maximum absolute atomic E-state index is 12.2. The van der Waals surface area contributed by atoms with Crippen LogP contribution in [0.3, 0.4) is 0 Å². The second-order valence-corrected chi connectivity index (χ2v) is 6.60. The van der Waals surface area contributed by atoms with E-state index in [1.54, 1.807) is 18.2 Å². The highest BCUT2D eigenvalue weighted by Gasteiger charge is 2.16. The fraction of sp³-hybridized carbons (Fsp3) is 0.357. The van der Waals surface area contributed by atoms with Gasteiger partial charge in [0.25, 0.3) is 10.0 Å². The summed E-state index contributed by atoms with van der Waals surface area (Å²) in [6.45, 7) is 6.04. The minimum Gasteiger partial charge on any atom is -0.281 e. The zero-order valence-electron chi connectivity index (χ0n) is 11.8. The lowest BCUT2D eigenvalue weighted by Gasteiger charge is -2.10. The fourth-order valence-corrected chi connectivity index (χ4v) is 2.87. The number of anilines is 1. The first kappa shape index (κ1) is 14.6. The number of hydrogen-bond donors (Lipinski definition) is 2. The number of aromatic amines is 1. The van der Waals surface area contributed by atoms with Crippen LogP contribution in [0.25, 0.3) is 0 Å². The molecule has 2 rings (SSSR count). The molecule has 0 saturated carbocycles. The highest BCUT2D eigenvalue weighted by molar-refractivity contribution is 7.92. The van der Waals surface area contributed by atoms with Gasteiger partial charge in [0.1, 0.15) is 0 Å². The Morgan fingerprint density at radius 2 is 1.95 bits per heavy atom. The number of sulfonamides is 1. The normalized spacial score (nSPS) is 13.2. The lowest BCUT2D eigenvalue weighted by atomic mass is 9.99. The van der Waals surface area contributed by atoms with Crippen LogP contribution in [0.15, 0.2) is 35.2 Å². The van der Waals surface area contributed by atoms with Crippen LogP contribution in [-0.4, -0.2) is 18.6 Å². The van der Waals surface area contributed by atoms with Gasteiger partial charge in [-0.3, -0.25) is 9.82 Å². The lowest BCUT2D eigenvalue weighted by molar-refractivity contribution is 0.601. The summed E-state index contributed by atoms with van der Waals surface area (Å²) < 4.78 is 26.8. The van der Waals surface area contributed by atoms with Gasteiger partial charge in [0.05, 0.1) is 4.90 Å². The number of rotatable bonds is 5. The van der Waals surface area contributed by atoms with Crippen LogP contribution >= 0.6 is 0 Å². The van der Waals surface area contributed by atoms with E-state index in [4.69, 9.17) is 0 Å². The first-order valence-corrected chi connectivity index (χ1v) is 8.05. The van der Waals surface area contributed by atoms with Gasteiger partial charge in [0.15, 0.2) is 5.82 Å². The summed E-state index contributed by atoms with van der Waals surface area (Å²) >= 11 is 0. The number of H-pyrrole nitrogens is 1. The second-order valence-electron chi connectivity index (χ2n) is 4.92. The van der Waals surface area contributed by atoms with Crippen molar-refractivity contribution in [2.45, 2.75) is 38.0 Å². The molecular formula is C14H19N3O2S. The van der Waals surface area contributed by atoms with Gasteiger partial charge < -0.3 is 0 Å². The standard InChI is InChI=1S/C14H19N3O2S/c1-4-10(2)12-5-7-13(8-6-12)20(18,19)17-14-9-11(3)15-16-14/h5-10H,4H2,1-3H3,(H2,15,16,17). The van der Waals surface area contributed by atoms with Crippen molar-refractivity contribution in [2.24, 2.45) is 0 Å². The minimum atomic E-state index is -3.58. The van der Waals surface area contributed by atoms with E-state index in [9.17, 15) is 8.42 Å². The van der Waals surface area contributed by atoms with Crippen molar-refractivity contribution in [1.82, 2.24) is 10.2 Å². The molecule has 6 heteroatoms. The molecule has 108 valence electrons. The molecule has 0 spiro atoms. The molecule has 1 aromatic carbocycles. The zero-order valence-corrected chi connectivity index (χ0v) is 12.7. The molecule has 2 aromatic rings. The molecule has 0 aliphatic carbocycles. The van der Waals surface area contributed by atoms with Gasteiger partial charge in [-0.2, -0.15) is 5.10 Å². The van der Waals surface area contributed by atoms with E-state index in [1.165, 1.54) is 0 Å². The molecule has 1 heterocycles. The number of nitrogens with zero attached hydrogens (tertiary/aromatic N) is 1. The highest BCUT2D eigenvalue weighted by atomic mass is 32.2. The summed E-state index contributed by atoms with van der Waals surface area (Å²) in [5, 5.41) is 6.57. The maximum Gasteiger partial charge on any atom is 0.263 e. The molecule has 1 atom stereocenters. The largest absolute Gasteiger partial charge is 0.281 e. The van der Waals surface area contributed by atoms with Crippen LogP contribution in [-0.2, 0) is 10.0 Å². The molecule has 0 fully saturated rings. The Morgan fingerprint density at radius 1 is 1.30 bits per heavy atom. The number of benzene rings is 1. The van der Waals surface area contributed by atoms with Gasteiger partial charge in [-0.25, -0.2) is 8.42 Å². The molecule has 0 aliphatic heterocycles. The third-order valence-corrected chi connectivity index (χ3v) is 4.69. The van der Waals surface area contributed by atoms with Crippen molar-refractivity contribution in [3.8, 4) is 0 Å². The summed E-state index contributed by atoms with van der Waals surface area (Å²) in [6, 6.07) is 8.62. The van der Waals surface area contributed by atoms with Gasteiger partial charge in [-0.1, -0.05) is 26.0 Å². The Morgan fingerprint density at radius 3 is 2.45 bits per heavy atom. The molecule has 2 N–H and O–H groups in total. The Hall–Kier alpha value is -1.82. The summed E-state index contributed by atoms with van der Waals surface area (Å²) in [7, 11) is -3.58. The van der Waals surface area contributed by atoms with E-state index >= 15 is 0 Å². The SMILES string of the molecule is CCC(C)c1ccc(S(=O)(=O)Nc2cc(C)[nH]n2)cc1. The highest BCUT2D eigenvalue weighted by Crippen LogP contribution is 2.21. The average Bonchev–Trinajstić information content (AvgIpc) is 2.82. The van der Waals surface area contributed by atoms with Crippen molar-refractivity contribution >= 4 is 15.8 Å². The van der Waals surface area contributed by atoms with Crippen molar-refractivity contribution in [1.29, 1.82) is 0 Å². The zero-order chi connectivity index (χ0) is 14.8. The van der Waals surface area contributed by atoms with E-state index in [-0.39, 0.29) is 4.90 Å². The molecule has 0 saturated heterocycles. The van der Waals surface area contributed by atoms with Gasteiger partial charge in [0, 0.05) is 11.8 Å². The number of hydrogen-bond acceptors (Lipinski definition) is 3. The Kier molecular flexibility index (Phi) is 4.13. The summed E-state index contributed by atoms with van der Waals surface area (Å²) in [5.74, 6) is 0.724. The van der Waals surface area contributed by atoms with Crippen molar-refractivity contribution in [3.63, 3.8) is 0 Å². The molecule has 1 unspecified atom stereocenters. The third kappa shape index (κ3) is 3.19. The van der Waals surface area contributed by atoms with E-state index in [2.05, 4.69) is 28.8 Å². The number of aryl methyl sites for hydroxylation is 1. The van der Waals surface area contributed by atoms with E-state index < -0.39 is 10.0 Å². The van der Waals surface area contributed by atoms with E-state index in [0.717, 1.165) is 17.7 Å². The lowest BCUT2D eigenvalue weighted by Crippen LogP contribution is -2.13. The number of nitrogens with one attached hydrogen (secondary N) is 2. The number of aromatic nitrogens is 2. The van der Waals surface area contributed by atoms with Gasteiger partial charge in [-0.05, 0) is 37.0 Å². The Labute approximate surface area is 119 Å². The Bertz CT molecular complexity index is 675. The first-order valence-electron chi connectivity index (χ1n) is 6.57. The van der Waals surface area contributed by atoms with Crippen LogP contribution in [0.5, 0.6) is 0 Å². The van der Waals surface area contributed by atoms with Crippen molar-refractivity contribution in [3.05, 3.63) is 41.6 Å². The average molecular weight is 293 g/mol. The van der Waals surface area contributed by atoms with Crippen LogP contribution < -0.4 is 4.72 Å². The summed E-state index contributed by atoms with van der Waals surface area (Å²) in [5.41, 5.74) is 1.94. The van der Waals surface area contributed by atoms with Crippen LogP contribution in [0.2, 0.25) is 0 Å². The molecule has 20 heavy (non-hydrogen) atoms. The quantitative estimate of drug-likeness (QED) is 0.889. The molecule has 0 bridgehead atoms. The smallest absolute Gasteiger partial charge is 0.263 e. The molecule has 0 amide bonds. The monoisotopic (exact) mass is 293 g/mol. The molecule has 0 aliphatic rings. The van der Waals surface area contributed by atoms with Crippen molar-refractivity contribution < 1.29 is 8.42 Å². The van der Waals surface area contributed by atoms with Crippen molar-refractivity contribution in [2.75, 3.05) is 4.72 Å². The van der Waals surface area contributed by atoms with Crippen LogP contribution in [0.1, 0.15) is 37.4 Å². The second kappa shape index (κ2) is 5.66. The van der Waals surface area contributed by atoms with Gasteiger partial charge >= 0.3 is 0 Å². The van der Waals surface area contributed by atoms with E-state index in [1.807, 2.05) is 19.1 Å². The molecule has 0 radical (unpaired) electrons. The first-order chi connectivity index (χ1) is 9.42. The molecule has 1 aromatic heterocycles. The van der Waals surface area contributed by atoms with Gasteiger partial charge in [0.2, 0.25) is 0 Å². The Balaban J connectivity index is 2.21. The topological polar surface area (TPSA) is 74.8 Å². The minimum absolute atomic E-state index is 0.241. The summed E-state index contributed by atoms with van der Waals surface area (Å²) in [4.78, 5) is 0.241. The van der Waals surface area contributed by atoms with Gasteiger partial charge in [-0.15, -0.1) is 0 Å². The predicted molar refractivity (Wildman–Crippen MR) is 79.3 cm³/mol. The van der Waals surface area contributed by atoms with E-state index in [0.29, 0.717) is 11.7 Å². The summed E-state index contributed by atoms with van der Waals surface area (Å²) in [6.07, 6.45) is 1.02. The molecular weight excluding hydrogens is 274 g/mol.